The van der Waals surface area contributed by atoms with E-state index < -0.39 is 0 Å². The lowest BCUT2D eigenvalue weighted by atomic mass is 9.98. The van der Waals surface area contributed by atoms with Crippen molar-refractivity contribution in [2.75, 3.05) is 18.4 Å². The van der Waals surface area contributed by atoms with Crippen LogP contribution in [0.2, 0.25) is 0 Å². The molecule has 0 aromatic heterocycles. The summed E-state index contributed by atoms with van der Waals surface area (Å²) in [4.78, 5) is 14.5. The molecular weight excluding hydrogens is 224 g/mol. The smallest absolute Gasteiger partial charge is 0.245 e. The van der Waals surface area contributed by atoms with Crippen molar-refractivity contribution in [3.8, 4) is 0 Å². The fourth-order valence-electron chi connectivity index (χ4n) is 2.90. The summed E-state index contributed by atoms with van der Waals surface area (Å²) in [5.74, 6) is 1.04. The third-order valence-corrected chi connectivity index (χ3v) is 4.16. The first kappa shape index (κ1) is 11.6. The third kappa shape index (κ3) is 2.09. The topological polar surface area (TPSA) is 32.3 Å². The van der Waals surface area contributed by atoms with Gasteiger partial charge in [0.2, 0.25) is 5.91 Å². The molecule has 0 saturated carbocycles. The number of piperidine rings is 1. The van der Waals surface area contributed by atoms with Gasteiger partial charge in [0.15, 0.2) is 0 Å². The van der Waals surface area contributed by atoms with E-state index in [1.54, 1.807) is 0 Å². The molecule has 3 nitrogen and oxygen atoms in total. The van der Waals surface area contributed by atoms with Crippen molar-refractivity contribution in [3.05, 3.63) is 29.8 Å². The molecule has 2 aliphatic rings. The zero-order valence-corrected chi connectivity index (χ0v) is 10.9. The van der Waals surface area contributed by atoms with Gasteiger partial charge >= 0.3 is 0 Å². The normalized spacial score (nSPS) is 23.6. The number of benzene rings is 1. The summed E-state index contributed by atoms with van der Waals surface area (Å²) in [6.45, 7) is 4.12. The van der Waals surface area contributed by atoms with E-state index in [1.807, 2.05) is 17.0 Å². The van der Waals surface area contributed by atoms with Crippen LogP contribution in [0, 0.1) is 5.92 Å². The molecule has 0 bridgehead atoms. The molecule has 1 saturated heterocycles. The van der Waals surface area contributed by atoms with Crippen molar-refractivity contribution in [1.29, 1.82) is 0 Å². The van der Waals surface area contributed by atoms with Crippen molar-refractivity contribution in [2.24, 2.45) is 5.92 Å². The first-order valence-electron chi connectivity index (χ1n) is 6.87. The molecule has 0 unspecified atom stereocenters. The number of fused-ring (bicyclic) bond motifs is 1. The average Bonchev–Trinajstić information content (AvgIpc) is 2.82. The first-order chi connectivity index (χ1) is 8.74. The Morgan fingerprint density at radius 2 is 2.00 bits per heavy atom. The van der Waals surface area contributed by atoms with Gasteiger partial charge in [0.25, 0.3) is 0 Å². The number of carbonyl (C=O) groups excluding carboxylic acids is 1. The fraction of sp³-hybridized carbons (Fsp3) is 0.533. The molecule has 0 aliphatic carbocycles. The van der Waals surface area contributed by atoms with E-state index >= 15 is 0 Å². The Labute approximate surface area is 108 Å². The van der Waals surface area contributed by atoms with E-state index in [0.29, 0.717) is 0 Å². The molecule has 1 atom stereocenters. The van der Waals surface area contributed by atoms with Gasteiger partial charge in [0.1, 0.15) is 6.04 Å². The number of likely N-dealkylation sites (tertiary alicyclic amines) is 1. The Kier molecular flexibility index (Phi) is 2.98. The van der Waals surface area contributed by atoms with Gasteiger partial charge in [-0.1, -0.05) is 25.1 Å². The van der Waals surface area contributed by atoms with Crippen LogP contribution in [-0.2, 0) is 11.2 Å². The minimum atomic E-state index is -0.0455. The quantitative estimate of drug-likeness (QED) is 0.822. The van der Waals surface area contributed by atoms with Crippen LogP contribution < -0.4 is 5.32 Å². The third-order valence-electron chi connectivity index (χ3n) is 4.16. The lowest BCUT2D eigenvalue weighted by molar-refractivity contribution is -0.133. The molecule has 0 spiro atoms. The van der Waals surface area contributed by atoms with Crippen LogP contribution in [0.3, 0.4) is 0 Å². The van der Waals surface area contributed by atoms with Gasteiger partial charge in [0, 0.05) is 25.2 Å². The Hall–Kier alpha value is -1.51. The molecule has 1 aromatic carbocycles. The maximum absolute atomic E-state index is 12.4. The summed E-state index contributed by atoms with van der Waals surface area (Å²) in [5, 5.41) is 3.35. The summed E-state index contributed by atoms with van der Waals surface area (Å²) in [7, 11) is 0. The molecule has 1 fully saturated rings. The van der Waals surface area contributed by atoms with Crippen molar-refractivity contribution in [2.45, 2.75) is 32.2 Å². The van der Waals surface area contributed by atoms with E-state index in [0.717, 1.165) is 44.0 Å². The van der Waals surface area contributed by atoms with Crippen molar-refractivity contribution < 1.29 is 4.79 Å². The van der Waals surface area contributed by atoms with Crippen LogP contribution in [0.15, 0.2) is 24.3 Å². The standard InChI is InChI=1S/C15H20N2O/c1-11-6-8-17(9-7-11)15(18)14-10-12-4-2-3-5-13(12)16-14/h2-5,11,14,16H,6-10H2,1H3/t14-/m0/s1. The number of rotatable bonds is 1. The van der Waals surface area contributed by atoms with Crippen LogP contribution in [0.4, 0.5) is 5.69 Å². The SMILES string of the molecule is CC1CCN(C(=O)[C@@H]2Cc3ccccc3N2)CC1. The molecule has 2 heterocycles. The number of nitrogens with zero attached hydrogens (tertiary/aromatic N) is 1. The highest BCUT2D eigenvalue weighted by Crippen LogP contribution is 2.27. The Morgan fingerprint density at radius 3 is 2.72 bits per heavy atom. The van der Waals surface area contributed by atoms with Crippen LogP contribution in [0.25, 0.3) is 0 Å². The highest BCUT2D eigenvalue weighted by atomic mass is 16.2. The van der Waals surface area contributed by atoms with E-state index in [-0.39, 0.29) is 11.9 Å². The maximum Gasteiger partial charge on any atom is 0.245 e. The molecule has 2 aliphatic heterocycles. The van der Waals surface area contributed by atoms with Crippen molar-refractivity contribution >= 4 is 11.6 Å². The molecule has 3 rings (SSSR count). The fourth-order valence-corrected chi connectivity index (χ4v) is 2.90. The molecule has 18 heavy (non-hydrogen) atoms. The summed E-state index contributed by atoms with van der Waals surface area (Å²) in [6, 6.07) is 8.17. The van der Waals surface area contributed by atoms with Crippen LogP contribution >= 0.6 is 0 Å². The molecule has 96 valence electrons. The van der Waals surface area contributed by atoms with Gasteiger partial charge in [-0.3, -0.25) is 4.79 Å². The summed E-state index contributed by atoms with van der Waals surface area (Å²) in [5.41, 5.74) is 2.39. The predicted octanol–water partition coefficient (Wildman–Crippen LogP) is 2.28. The number of hydrogen-bond donors (Lipinski definition) is 1. The Morgan fingerprint density at radius 1 is 1.28 bits per heavy atom. The molecule has 3 heteroatoms. The second kappa shape index (κ2) is 4.63. The van der Waals surface area contributed by atoms with Crippen LogP contribution in [-0.4, -0.2) is 29.9 Å². The van der Waals surface area contributed by atoms with Gasteiger partial charge in [0.05, 0.1) is 0 Å². The minimum Gasteiger partial charge on any atom is -0.373 e. The Bertz CT molecular complexity index is 425. The number of anilines is 1. The van der Waals surface area contributed by atoms with Gasteiger partial charge in [-0.05, 0) is 30.4 Å². The van der Waals surface area contributed by atoms with E-state index in [9.17, 15) is 4.79 Å². The second-order valence-electron chi connectivity index (χ2n) is 5.57. The average molecular weight is 244 g/mol. The van der Waals surface area contributed by atoms with Crippen LogP contribution in [0.5, 0.6) is 0 Å². The van der Waals surface area contributed by atoms with Crippen molar-refractivity contribution in [1.82, 2.24) is 4.90 Å². The lowest BCUT2D eigenvalue weighted by Crippen LogP contribution is -2.45. The van der Waals surface area contributed by atoms with Crippen LogP contribution in [0.1, 0.15) is 25.3 Å². The molecular formula is C15H20N2O. The van der Waals surface area contributed by atoms with Gasteiger partial charge in [-0.25, -0.2) is 0 Å². The number of para-hydroxylation sites is 1. The maximum atomic E-state index is 12.4. The van der Waals surface area contributed by atoms with E-state index in [1.165, 1.54) is 5.56 Å². The first-order valence-corrected chi connectivity index (χ1v) is 6.87. The number of carbonyl (C=O) groups is 1. The second-order valence-corrected chi connectivity index (χ2v) is 5.57. The van der Waals surface area contributed by atoms with Crippen molar-refractivity contribution in [3.63, 3.8) is 0 Å². The summed E-state index contributed by atoms with van der Waals surface area (Å²) >= 11 is 0. The minimum absolute atomic E-state index is 0.0455. The van der Waals surface area contributed by atoms with E-state index in [2.05, 4.69) is 24.4 Å². The molecule has 1 N–H and O–H groups in total. The molecule has 1 amide bonds. The largest absolute Gasteiger partial charge is 0.373 e. The number of hydrogen-bond acceptors (Lipinski definition) is 2. The summed E-state index contributed by atoms with van der Waals surface area (Å²) < 4.78 is 0. The highest BCUT2D eigenvalue weighted by molar-refractivity contribution is 5.87. The highest BCUT2D eigenvalue weighted by Gasteiger charge is 2.31. The number of nitrogens with one attached hydrogen (secondary N) is 1. The van der Waals surface area contributed by atoms with E-state index in [4.69, 9.17) is 0 Å². The monoisotopic (exact) mass is 244 g/mol. The zero-order valence-electron chi connectivity index (χ0n) is 10.9. The lowest BCUT2D eigenvalue weighted by Gasteiger charge is -2.32. The van der Waals surface area contributed by atoms with Gasteiger partial charge in [-0.15, -0.1) is 0 Å². The van der Waals surface area contributed by atoms with Gasteiger partial charge in [-0.2, -0.15) is 0 Å². The van der Waals surface area contributed by atoms with Gasteiger partial charge < -0.3 is 10.2 Å². The zero-order chi connectivity index (χ0) is 12.5. The number of amides is 1. The molecule has 0 radical (unpaired) electrons. The summed E-state index contributed by atoms with van der Waals surface area (Å²) in [6.07, 6.45) is 3.12. The molecule has 1 aromatic rings. The predicted molar refractivity (Wildman–Crippen MR) is 72.5 cm³/mol. The Balaban J connectivity index is 1.65.